The summed E-state index contributed by atoms with van der Waals surface area (Å²) in [7, 11) is 0. The number of ether oxygens (including phenoxy) is 1. The molecule has 0 saturated heterocycles. The Kier molecular flexibility index (Phi) is 8.62. The van der Waals surface area contributed by atoms with Crippen LogP contribution in [0.2, 0.25) is 0 Å². The largest absolute Gasteiger partial charge is 0.381 e. The van der Waals surface area contributed by atoms with Crippen LogP contribution < -0.4 is 10.6 Å². The van der Waals surface area contributed by atoms with Gasteiger partial charge in [0, 0.05) is 26.3 Å². The fourth-order valence-electron chi connectivity index (χ4n) is 1.54. The summed E-state index contributed by atoms with van der Waals surface area (Å²) in [5, 5.41) is 6.01. The van der Waals surface area contributed by atoms with Gasteiger partial charge in [0.25, 0.3) is 0 Å². The highest BCUT2D eigenvalue weighted by atomic mass is 19.1. The third-order valence-electron chi connectivity index (χ3n) is 2.68. The first-order chi connectivity index (χ1) is 9.77. The number of nitrogens with zero attached hydrogens (tertiary/aromatic N) is 2. The van der Waals surface area contributed by atoms with Gasteiger partial charge in [-0.3, -0.25) is 0 Å². The maximum atomic E-state index is 13.5. The second kappa shape index (κ2) is 10.4. The van der Waals surface area contributed by atoms with Crippen molar-refractivity contribution >= 4 is 11.8 Å². The lowest BCUT2D eigenvalue weighted by atomic mass is 10.3. The van der Waals surface area contributed by atoms with Crippen LogP contribution in [0, 0.1) is 5.82 Å². The average Bonchev–Trinajstić information content (AvgIpc) is 2.46. The summed E-state index contributed by atoms with van der Waals surface area (Å²) >= 11 is 0. The lowest BCUT2D eigenvalue weighted by Gasteiger charge is -2.09. The number of hydrogen-bond donors (Lipinski definition) is 2. The lowest BCUT2D eigenvalue weighted by Crippen LogP contribution is -2.11. The minimum absolute atomic E-state index is 0.243. The number of aromatic nitrogens is 2. The summed E-state index contributed by atoms with van der Waals surface area (Å²) in [6, 6.07) is 0. The van der Waals surface area contributed by atoms with Crippen molar-refractivity contribution in [3.8, 4) is 0 Å². The van der Waals surface area contributed by atoms with Gasteiger partial charge in [0.05, 0.1) is 6.20 Å². The smallest absolute Gasteiger partial charge is 0.224 e. The molecule has 0 aliphatic rings. The zero-order valence-electron chi connectivity index (χ0n) is 12.4. The van der Waals surface area contributed by atoms with E-state index in [1.165, 1.54) is 6.20 Å². The Balaban J connectivity index is 2.27. The first kappa shape index (κ1) is 16.6. The standard InChI is InChI=1S/C14H25FN4O/c1-3-5-9-20-10-6-8-16-13-12(15)11-18-14(19-13)17-7-4-2/h11H,3-10H2,1-2H3,(H2,16,17,18,19). The molecule has 1 aromatic rings. The van der Waals surface area contributed by atoms with Crippen LogP contribution >= 0.6 is 0 Å². The van der Waals surface area contributed by atoms with E-state index in [1.807, 2.05) is 6.92 Å². The van der Waals surface area contributed by atoms with E-state index in [4.69, 9.17) is 4.74 Å². The molecule has 1 rings (SSSR count). The summed E-state index contributed by atoms with van der Waals surface area (Å²) in [4.78, 5) is 8.00. The molecule has 0 spiro atoms. The molecule has 1 heterocycles. The van der Waals surface area contributed by atoms with Crippen molar-refractivity contribution in [1.82, 2.24) is 9.97 Å². The molecule has 0 aromatic carbocycles. The predicted molar refractivity (Wildman–Crippen MR) is 79.6 cm³/mol. The van der Waals surface area contributed by atoms with Gasteiger partial charge in [0.1, 0.15) is 0 Å². The minimum Gasteiger partial charge on any atom is -0.381 e. The number of hydrogen-bond acceptors (Lipinski definition) is 5. The fraction of sp³-hybridized carbons (Fsp3) is 0.714. The van der Waals surface area contributed by atoms with Crippen molar-refractivity contribution in [3.63, 3.8) is 0 Å². The molecule has 0 aliphatic carbocycles. The highest BCUT2D eigenvalue weighted by molar-refractivity contribution is 5.40. The third-order valence-corrected chi connectivity index (χ3v) is 2.68. The monoisotopic (exact) mass is 284 g/mol. The molecule has 0 saturated carbocycles. The van der Waals surface area contributed by atoms with Crippen molar-refractivity contribution in [2.45, 2.75) is 39.5 Å². The topological polar surface area (TPSA) is 59.1 Å². The Bertz CT molecular complexity index is 376. The molecular weight excluding hydrogens is 259 g/mol. The Morgan fingerprint density at radius 3 is 2.65 bits per heavy atom. The zero-order valence-corrected chi connectivity index (χ0v) is 12.4. The molecule has 0 amide bonds. The van der Waals surface area contributed by atoms with Crippen molar-refractivity contribution in [1.29, 1.82) is 0 Å². The molecule has 0 aliphatic heterocycles. The summed E-state index contributed by atoms with van der Waals surface area (Å²) in [6.07, 6.45) is 5.20. The van der Waals surface area contributed by atoms with Gasteiger partial charge in [-0.15, -0.1) is 0 Å². The van der Waals surface area contributed by atoms with Crippen LogP contribution in [-0.4, -0.2) is 36.3 Å². The van der Waals surface area contributed by atoms with Gasteiger partial charge in [-0.25, -0.2) is 9.37 Å². The van der Waals surface area contributed by atoms with Gasteiger partial charge in [-0.2, -0.15) is 4.98 Å². The fourth-order valence-corrected chi connectivity index (χ4v) is 1.54. The SMILES string of the molecule is CCCCOCCCNc1nc(NCCC)ncc1F. The van der Waals surface area contributed by atoms with Crippen molar-refractivity contribution in [2.24, 2.45) is 0 Å². The first-order valence-corrected chi connectivity index (χ1v) is 7.36. The molecule has 5 nitrogen and oxygen atoms in total. The lowest BCUT2D eigenvalue weighted by molar-refractivity contribution is 0.131. The first-order valence-electron chi connectivity index (χ1n) is 7.36. The van der Waals surface area contributed by atoms with Gasteiger partial charge in [0.15, 0.2) is 11.6 Å². The number of anilines is 2. The Labute approximate surface area is 120 Å². The molecule has 1 aromatic heterocycles. The van der Waals surface area contributed by atoms with E-state index in [-0.39, 0.29) is 5.82 Å². The van der Waals surface area contributed by atoms with Crippen LogP contribution in [0.4, 0.5) is 16.2 Å². The van der Waals surface area contributed by atoms with E-state index < -0.39 is 5.82 Å². The molecule has 0 atom stereocenters. The normalized spacial score (nSPS) is 10.6. The van der Waals surface area contributed by atoms with E-state index in [2.05, 4.69) is 27.5 Å². The van der Waals surface area contributed by atoms with Gasteiger partial charge in [-0.1, -0.05) is 20.3 Å². The molecule has 0 fully saturated rings. The number of rotatable bonds is 11. The van der Waals surface area contributed by atoms with Gasteiger partial charge < -0.3 is 15.4 Å². The van der Waals surface area contributed by atoms with Crippen LogP contribution in [-0.2, 0) is 4.74 Å². The summed E-state index contributed by atoms with van der Waals surface area (Å²) in [5.74, 6) is 0.265. The molecule has 0 unspecified atom stereocenters. The molecule has 20 heavy (non-hydrogen) atoms. The number of nitrogens with one attached hydrogen (secondary N) is 2. The van der Waals surface area contributed by atoms with Crippen molar-refractivity contribution in [3.05, 3.63) is 12.0 Å². The highest BCUT2D eigenvalue weighted by Gasteiger charge is 2.05. The third kappa shape index (κ3) is 6.65. The Hall–Kier alpha value is -1.43. The maximum absolute atomic E-state index is 13.5. The molecule has 114 valence electrons. The van der Waals surface area contributed by atoms with E-state index in [0.717, 1.165) is 38.8 Å². The van der Waals surface area contributed by atoms with Gasteiger partial charge in [-0.05, 0) is 19.3 Å². The average molecular weight is 284 g/mol. The summed E-state index contributed by atoms with van der Waals surface area (Å²) < 4.78 is 19.0. The Morgan fingerprint density at radius 2 is 1.90 bits per heavy atom. The molecular formula is C14H25FN4O. The van der Waals surface area contributed by atoms with E-state index >= 15 is 0 Å². The van der Waals surface area contributed by atoms with Crippen molar-refractivity contribution < 1.29 is 9.13 Å². The highest BCUT2D eigenvalue weighted by Crippen LogP contribution is 2.11. The van der Waals surface area contributed by atoms with E-state index in [9.17, 15) is 4.39 Å². The van der Waals surface area contributed by atoms with Gasteiger partial charge in [0.2, 0.25) is 5.95 Å². The van der Waals surface area contributed by atoms with Crippen LogP contribution in [0.1, 0.15) is 39.5 Å². The number of unbranched alkanes of at least 4 members (excludes halogenated alkanes) is 1. The van der Waals surface area contributed by atoms with Crippen LogP contribution in [0.5, 0.6) is 0 Å². The summed E-state index contributed by atoms with van der Waals surface area (Å²) in [6.45, 7) is 7.06. The second-order valence-electron chi connectivity index (χ2n) is 4.56. The minimum atomic E-state index is -0.432. The van der Waals surface area contributed by atoms with Gasteiger partial charge >= 0.3 is 0 Å². The maximum Gasteiger partial charge on any atom is 0.224 e. The van der Waals surface area contributed by atoms with Crippen LogP contribution in [0.15, 0.2) is 6.20 Å². The molecule has 0 radical (unpaired) electrons. The van der Waals surface area contributed by atoms with E-state index in [1.54, 1.807) is 0 Å². The summed E-state index contributed by atoms with van der Waals surface area (Å²) in [5.41, 5.74) is 0. The molecule has 6 heteroatoms. The number of halogens is 1. The second-order valence-corrected chi connectivity index (χ2v) is 4.56. The Morgan fingerprint density at radius 1 is 1.10 bits per heavy atom. The molecule has 0 bridgehead atoms. The zero-order chi connectivity index (χ0) is 14.6. The van der Waals surface area contributed by atoms with Crippen LogP contribution in [0.25, 0.3) is 0 Å². The van der Waals surface area contributed by atoms with Crippen molar-refractivity contribution in [2.75, 3.05) is 36.9 Å². The quantitative estimate of drug-likeness (QED) is 0.612. The van der Waals surface area contributed by atoms with E-state index in [0.29, 0.717) is 19.1 Å². The molecule has 2 N–H and O–H groups in total. The predicted octanol–water partition coefficient (Wildman–Crippen LogP) is 3.06. The van der Waals surface area contributed by atoms with Crippen LogP contribution in [0.3, 0.4) is 0 Å².